The molecule has 0 amide bonds. The minimum atomic E-state index is -0.152. The van der Waals surface area contributed by atoms with Crippen molar-refractivity contribution in [2.75, 3.05) is 13.1 Å². The molecular weight excluding hydrogens is 150 g/mol. The lowest BCUT2D eigenvalue weighted by Crippen LogP contribution is -2.24. The van der Waals surface area contributed by atoms with Gasteiger partial charge in [0.1, 0.15) is 0 Å². The van der Waals surface area contributed by atoms with Gasteiger partial charge in [-0.25, -0.2) is 0 Å². The van der Waals surface area contributed by atoms with Gasteiger partial charge in [0.15, 0.2) is 0 Å². The molecule has 2 nitrogen and oxygen atoms in total. The molecule has 0 aromatic rings. The lowest BCUT2D eigenvalue weighted by atomic mass is 10.1. The summed E-state index contributed by atoms with van der Waals surface area (Å²) in [6, 6.07) is 0. The number of hydrogen-bond acceptors (Lipinski definition) is 2. The fourth-order valence-corrected chi connectivity index (χ4v) is 1.83. The van der Waals surface area contributed by atoms with Gasteiger partial charge in [0.2, 0.25) is 0 Å². The number of nitrogens with one attached hydrogen (secondary N) is 1. The topological polar surface area (TPSA) is 32.3 Å². The zero-order chi connectivity index (χ0) is 8.81. The van der Waals surface area contributed by atoms with Gasteiger partial charge in [0.05, 0.1) is 6.10 Å². The SMILES string of the molecule is CC(O)CCNCC1CCCC1. The van der Waals surface area contributed by atoms with E-state index in [2.05, 4.69) is 5.32 Å². The third-order valence-electron chi connectivity index (χ3n) is 2.65. The van der Waals surface area contributed by atoms with Crippen molar-refractivity contribution in [2.45, 2.75) is 45.1 Å². The molecule has 72 valence electrons. The average molecular weight is 171 g/mol. The molecule has 0 saturated heterocycles. The smallest absolute Gasteiger partial charge is 0.0524 e. The first-order valence-corrected chi connectivity index (χ1v) is 5.18. The molecule has 0 bridgehead atoms. The number of hydrogen-bond donors (Lipinski definition) is 2. The normalized spacial score (nSPS) is 21.5. The summed E-state index contributed by atoms with van der Waals surface area (Å²) < 4.78 is 0. The van der Waals surface area contributed by atoms with Crippen LogP contribution in [0.4, 0.5) is 0 Å². The zero-order valence-corrected chi connectivity index (χ0v) is 8.05. The van der Waals surface area contributed by atoms with E-state index in [9.17, 15) is 0 Å². The van der Waals surface area contributed by atoms with E-state index in [4.69, 9.17) is 5.11 Å². The van der Waals surface area contributed by atoms with Crippen molar-refractivity contribution in [3.8, 4) is 0 Å². The van der Waals surface area contributed by atoms with Crippen LogP contribution in [0, 0.1) is 5.92 Å². The minimum Gasteiger partial charge on any atom is -0.393 e. The van der Waals surface area contributed by atoms with Crippen LogP contribution in [0.25, 0.3) is 0 Å². The Hall–Kier alpha value is -0.0800. The second-order valence-corrected chi connectivity index (χ2v) is 3.99. The fraction of sp³-hybridized carbons (Fsp3) is 1.00. The maximum Gasteiger partial charge on any atom is 0.0524 e. The molecule has 2 N–H and O–H groups in total. The number of aliphatic hydroxyl groups is 1. The van der Waals surface area contributed by atoms with Crippen molar-refractivity contribution < 1.29 is 5.11 Å². The predicted octanol–water partition coefficient (Wildman–Crippen LogP) is 1.54. The Kier molecular flexibility index (Phi) is 4.62. The van der Waals surface area contributed by atoms with E-state index in [1.54, 1.807) is 0 Å². The molecule has 0 aromatic heterocycles. The molecule has 2 heteroatoms. The standard InChI is InChI=1S/C10H21NO/c1-9(12)6-7-11-8-10-4-2-3-5-10/h9-12H,2-8H2,1H3. The highest BCUT2D eigenvalue weighted by atomic mass is 16.3. The van der Waals surface area contributed by atoms with Gasteiger partial charge in [0, 0.05) is 0 Å². The van der Waals surface area contributed by atoms with E-state index >= 15 is 0 Å². The van der Waals surface area contributed by atoms with Crippen LogP contribution in [0.1, 0.15) is 39.0 Å². The summed E-state index contributed by atoms with van der Waals surface area (Å²) >= 11 is 0. The molecule has 0 heterocycles. The predicted molar refractivity (Wildman–Crippen MR) is 51.1 cm³/mol. The maximum atomic E-state index is 9.00. The molecule has 1 atom stereocenters. The van der Waals surface area contributed by atoms with Gasteiger partial charge < -0.3 is 10.4 Å². The van der Waals surface area contributed by atoms with Crippen molar-refractivity contribution in [2.24, 2.45) is 5.92 Å². The Morgan fingerprint density at radius 1 is 1.42 bits per heavy atom. The summed E-state index contributed by atoms with van der Waals surface area (Å²) in [4.78, 5) is 0. The average Bonchev–Trinajstić information content (AvgIpc) is 2.49. The molecule has 1 aliphatic rings. The van der Waals surface area contributed by atoms with Crippen LogP contribution >= 0.6 is 0 Å². The van der Waals surface area contributed by atoms with Gasteiger partial charge in [-0.2, -0.15) is 0 Å². The van der Waals surface area contributed by atoms with E-state index < -0.39 is 0 Å². The first kappa shape index (κ1) is 10.0. The Balaban J connectivity index is 1.88. The van der Waals surface area contributed by atoms with Gasteiger partial charge in [0.25, 0.3) is 0 Å². The van der Waals surface area contributed by atoms with Crippen molar-refractivity contribution in [1.82, 2.24) is 5.32 Å². The summed E-state index contributed by atoms with van der Waals surface area (Å²) in [5.41, 5.74) is 0. The lowest BCUT2D eigenvalue weighted by Gasteiger charge is -2.10. The third kappa shape index (κ3) is 4.07. The van der Waals surface area contributed by atoms with Crippen molar-refractivity contribution in [3.05, 3.63) is 0 Å². The number of rotatable bonds is 5. The molecule has 1 rings (SSSR count). The van der Waals surface area contributed by atoms with Gasteiger partial charge in [-0.3, -0.25) is 0 Å². The summed E-state index contributed by atoms with van der Waals surface area (Å²) in [5.74, 6) is 0.916. The molecule has 0 aliphatic heterocycles. The first-order chi connectivity index (χ1) is 5.79. The second-order valence-electron chi connectivity index (χ2n) is 3.99. The van der Waals surface area contributed by atoms with E-state index in [1.807, 2.05) is 6.92 Å². The summed E-state index contributed by atoms with van der Waals surface area (Å²) in [6.07, 6.45) is 6.38. The molecule has 1 saturated carbocycles. The lowest BCUT2D eigenvalue weighted by molar-refractivity contribution is 0.183. The molecule has 1 unspecified atom stereocenters. The van der Waals surface area contributed by atoms with Crippen LogP contribution in [-0.4, -0.2) is 24.3 Å². The number of aliphatic hydroxyl groups excluding tert-OH is 1. The highest BCUT2D eigenvalue weighted by Crippen LogP contribution is 2.23. The van der Waals surface area contributed by atoms with Crippen molar-refractivity contribution in [1.29, 1.82) is 0 Å². The van der Waals surface area contributed by atoms with E-state index in [0.717, 1.165) is 25.4 Å². The quantitative estimate of drug-likeness (QED) is 0.615. The third-order valence-corrected chi connectivity index (χ3v) is 2.65. The van der Waals surface area contributed by atoms with Crippen molar-refractivity contribution >= 4 is 0 Å². The Morgan fingerprint density at radius 2 is 2.08 bits per heavy atom. The molecule has 0 radical (unpaired) electrons. The molecule has 0 aromatic carbocycles. The van der Waals surface area contributed by atoms with Crippen LogP contribution in [-0.2, 0) is 0 Å². The van der Waals surface area contributed by atoms with Gasteiger partial charge >= 0.3 is 0 Å². The first-order valence-electron chi connectivity index (χ1n) is 5.18. The van der Waals surface area contributed by atoms with Gasteiger partial charge in [-0.1, -0.05) is 12.8 Å². The summed E-state index contributed by atoms with van der Waals surface area (Å²) in [6.45, 7) is 3.97. The molecule has 0 spiro atoms. The van der Waals surface area contributed by atoms with Gasteiger partial charge in [-0.05, 0) is 45.2 Å². The Bertz CT molecular complexity index is 108. The van der Waals surface area contributed by atoms with Crippen LogP contribution in [0.3, 0.4) is 0 Å². The fourth-order valence-electron chi connectivity index (χ4n) is 1.83. The maximum absolute atomic E-state index is 9.00. The Labute approximate surface area is 75.4 Å². The molecular formula is C10H21NO. The van der Waals surface area contributed by atoms with Crippen molar-refractivity contribution in [3.63, 3.8) is 0 Å². The van der Waals surface area contributed by atoms with E-state index in [0.29, 0.717) is 0 Å². The van der Waals surface area contributed by atoms with Crippen LogP contribution in [0.2, 0.25) is 0 Å². The van der Waals surface area contributed by atoms with Crippen LogP contribution in [0.5, 0.6) is 0 Å². The highest BCUT2D eigenvalue weighted by molar-refractivity contribution is 4.69. The van der Waals surface area contributed by atoms with Crippen LogP contribution < -0.4 is 5.32 Å². The second kappa shape index (κ2) is 5.55. The van der Waals surface area contributed by atoms with E-state index in [-0.39, 0.29) is 6.10 Å². The summed E-state index contributed by atoms with van der Waals surface area (Å²) in [7, 11) is 0. The Morgan fingerprint density at radius 3 is 2.67 bits per heavy atom. The summed E-state index contributed by atoms with van der Waals surface area (Å²) in [5, 5.41) is 12.4. The highest BCUT2D eigenvalue weighted by Gasteiger charge is 2.13. The zero-order valence-electron chi connectivity index (χ0n) is 8.05. The molecule has 1 aliphatic carbocycles. The molecule has 12 heavy (non-hydrogen) atoms. The van der Waals surface area contributed by atoms with E-state index in [1.165, 1.54) is 25.7 Å². The molecule has 1 fully saturated rings. The largest absolute Gasteiger partial charge is 0.393 e. The monoisotopic (exact) mass is 171 g/mol. The van der Waals surface area contributed by atoms with Crippen LogP contribution in [0.15, 0.2) is 0 Å². The minimum absolute atomic E-state index is 0.152. The van der Waals surface area contributed by atoms with Gasteiger partial charge in [-0.15, -0.1) is 0 Å².